The van der Waals surface area contributed by atoms with Crippen molar-refractivity contribution in [1.29, 1.82) is 0 Å². The van der Waals surface area contributed by atoms with Crippen LogP contribution in [0.25, 0.3) is 0 Å². The minimum Gasteiger partial charge on any atom is -0.435 e. The molecule has 9 heteroatoms. The third-order valence-electron chi connectivity index (χ3n) is 1.50. The van der Waals surface area contributed by atoms with E-state index in [1.165, 1.54) is 0 Å². The van der Waals surface area contributed by atoms with Crippen molar-refractivity contribution in [2.45, 2.75) is 11.5 Å². The summed E-state index contributed by atoms with van der Waals surface area (Å²) < 4.78 is 49.9. The Morgan fingerprint density at radius 1 is 1.31 bits per heavy atom. The molecule has 2 N–H and O–H groups in total. The van der Waals surface area contributed by atoms with Gasteiger partial charge < -0.3 is 4.74 Å². The molecular formula is C7H5Cl2F2NO3S. The summed E-state index contributed by atoms with van der Waals surface area (Å²) in [7, 11) is -4.16. The van der Waals surface area contributed by atoms with Crippen LogP contribution in [0.4, 0.5) is 8.78 Å². The second kappa shape index (κ2) is 4.70. The molecule has 0 fully saturated rings. The van der Waals surface area contributed by atoms with E-state index in [1.54, 1.807) is 0 Å². The van der Waals surface area contributed by atoms with E-state index in [2.05, 4.69) is 4.74 Å². The standard InChI is InChI=1S/C7H5Cl2F2NO3S/c8-4-1-3(15-7(10)11)2-5(6(4)9)16(12,13)14/h1-2,7H,(H2,12,13,14). The van der Waals surface area contributed by atoms with Crippen molar-refractivity contribution in [1.82, 2.24) is 0 Å². The quantitative estimate of drug-likeness (QED) is 0.928. The summed E-state index contributed by atoms with van der Waals surface area (Å²) in [6, 6.07) is 1.74. The van der Waals surface area contributed by atoms with Crippen molar-refractivity contribution in [3.8, 4) is 5.75 Å². The first-order chi connectivity index (χ1) is 7.21. The van der Waals surface area contributed by atoms with Crippen LogP contribution in [0, 0.1) is 0 Å². The molecule has 16 heavy (non-hydrogen) atoms. The van der Waals surface area contributed by atoms with E-state index in [0.29, 0.717) is 0 Å². The summed E-state index contributed by atoms with van der Waals surface area (Å²) in [5.74, 6) is -0.437. The Kier molecular flexibility index (Phi) is 3.95. The Hall–Kier alpha value is -0.630. The second-order valence-electron chi connectivity index (χ2n) is 2.64. The second-order valence-corrected chi connectivity index (χ2v) is 4.96. The van der Waals surface area contributed by atoms with E-state index in [-0.39, 0.29) is 10.0 Å². The third-order valence-corrected chi connectivity index (χ3v) is 3.35. The van der Waals surface area contributed by atoms with Crippen molar-refractivity contribution in [3.63, 3.8) is 0 Å². The maximum Gasteiger partial charge on any atom is 0.387 e. The molecule has 1 aromatic carbocycles. The molecule has 0 spiro atoms. The highest BCUT2D eigenvalue weighted by Gasteiger charge is 2.18. The molecule has 0 aliphatic heterocycles. The highest BCUT2D eigenvalue weighted by molar-refractivity contribution is 7.89. The molecule has 1 aromatic rings. The average Bonchev–Trinajstić information content (AvgIpc) is 2.08. The number of sulfonamides is 1. The Morgan fingerprint density at radius 2 is 1.88 bits per heavy atom. The first-order valence-corrected chi connectivity index (χ1v) is 5.98. The number of nitrogens with two attached hydrogens (primary N) is 1. The van der Waals surface area contributed by atoms with Gasteiger partial charge in [0.25, 0.3) is 0 Å². The fourth-order valence-corrected chi connectivity index (χ4v) is 2.26. The van der Waals surface area contributed by atoms with E-state index in [9.17, 15) is 17.2 Å². The fourth-order valence-electron chi connectivity index (χ4n) is 0.918. The number of ether oxygens (including phenoxy) is 1. The van der Waals surface area contributed by atoms with E-state index in [1.807, 2.05) is 0 Å². The maximum atomic E-state index is 11.9. The molecule has 0 unspecified atom stereocenters. The normalized spacial score (nSPS) is 11.9. The minimum atomic E-state index is -4.16. The lowest BCUT2D eigenvalue weighted by Gasteiger charge is -2.08. The fraction of sp³-hybridized carbons (Fsp3) is 0.143. The van der Waals surface area contributed by atoms with Crippen molar-refractivity contribution in [2.75, 3.05) is 0 Å². The molecule has 0 saturated carbocycles. The molecule has 0 amide bonds. The van der Waals surface area contributed by atoms with Crippen LogP contribution >= 0.6 is 23.2 Å². The zero-order chi connectivity index (χ0) is 12.5. The van der Waals surface area contributed by atoms with Gasteiger partial charge in [0.05, 0.1) is 10.0 Å². The molecule has 0 atom stereocenters. The lowest BCUT2D eigenvalue weighted by Crippen LogP contribution is -2.13. The van der Waals surface area contributed by atoms with E-state index >= 15 is 0 Å². The summed E-state index contributed by atoms with van der Waals surface area (Å²) in [5.41, 5.74) is 0. The minimum absolute atomic E-state index is 0.246. The lowest BCUT2D eigenvalue weighted by molar-refractivity contribution is -0.0499. The third kappa shape index (κ3) is 3.18. The van der Waals surface area contributed by atoms with Crippen molar-refractivity contribution < 1.29 is 21.9 Å². The monoisotopic (exact) mass is 291 g/mol. The number of alkyl halides is 2. The summed E-state index contributed by atoms with van der Waals surface area (Å²) >= 11 is 11.1. The van der Waals surface area contributed by atoms with Gasteiger partial charge in [-0.2, -0.15) is 8.78 Å². The molecule has 0 aromatic heterocycles. The van der Waals surface area contributed by atoms with Crippen LogP contribution in [-0.2, 0) is 10.0 Å². The molecular weight excluding hydrogens is 287 g/mol. The Morgan fingerprint density at radius 3 is 2.31 bits per heavy atom. The molecule has 0 aliphatic carbocycles. The Bertz CT molecular complexity index is 507. The SMILES string of the molecule is NS(=O)(=O)c1cc(OC(F)F)cc(Cl)c1Cl. The summed E-state index contributed by atoms with van der Waals surface area (Å²) in [6.07, 6.45) is 0. The smallest absolute Gasteiger partial charge is 0.387 e. The van der Waals surface area contributed by atoms with Gasteiger partial charge in [-0.05, 0) is 0 Å². The topological polar surface area (TPSA) is 69.4 Å². The molecule has 1 rings (SSSR count). The number of benzene rings is 1. The van der Waals surface area contributed by atoms with Crippen LogP contribution < -0.4 is 9.88 Å². The molecule has 4 nitrogen and oxygen atoms in total. The molecule has 0 heterocycles. The molecule has 0 aliphatic rings. The zero-order valence-corrected chi connectivity index (χ0v) is 9.78. The predicted octanol–water partition coefficient (Wildman–Crippen LogP) is 2.24. The highest BCUT2D eigenvalue weighted by atomic mass is 35.5. The van der Waals surface area contributed by atoms with Crippen LogP contribution in [0.3, 0.4) is 0 Å². The maximum absolute atomic E-state index is 11.9. The van der Waals surface area contributed by atoms with Crippen LogP contribution in [0.2, 0.25) is 10.0 Å². The summed E-state index contributed by atoms with van der Waals surface area (Å²) in [6.45, 7) is -3.11. The van der Waals surface area contributed by atoms with E-state index in [4.69, 9.17) is 28.3 Å². The molecule has 0 bridgehead atoms. The number of hydrogen-bond acceptors (Lipinski definition) is 3. The summed E-state index contributed by atoms with van der Waals surface area (Å²) in [4.78, 5) is -0.572. The number of hydrogen-bond donors (Lipinski definition) is 1. The van der Waals surface area contributed by atoms with Gasteiger partial charge >= 0.3 is 6.61 Å². The van der Waals surface area contributed by atoms with Crippen molar-refractivity contribution in [2.24, 2.45) is 5.14 Å². The van der Waals surface area contributed by atoms with Gasteiger partial charge in [-0.3, -0.25) is 0 Å². The Labute approximate surface area is 99.9 Å². The Balaban J connectivity index is 3.34. The van der Waals surface area contributed by atoms with Gasteiger partial charge in [0, 0.05) is 12.1 Å². The molecule has 0 saturated heterocycles. The number of rotatable bonds is 3. The van der Waals surface area contributed by atoms with Crippen LogP contribution in [0.5, 0.6) is 5.75 Å². The van der Waals surface area contributed by atoms with Gasteiger partial charge in [-0.15, -0.1) is 0 Å². The summed E-state index contributed by atoms with van der Waals surface area (Å²) in [5, 5.41) is 4.22. The van der Waals surface area contributed by atoms with Crippen molar-refractivity contribution in [3.05, 3.63) is 22.2 Å². The van der Waals surface area contributed by atoms with Gasteiger partial charge in [-0.1, -0.05) is 23.2 Å². The van der Waals surface area contributed by atoms with Gasteiger partial charge in [-0.25, -0.2) is 13.6 Å². The first kappa shape index (κ1) is 13.4. The number of halogens is 4. The predicted molar refractivity (Wildman–Crippen MR) is 54.5 cm³/mol. The lowest BCUT2D eigenvalue weighted by atomic mass is 10.3. The first-order valence-electron chi connectivity index (χ1n) is 3.68. The number of primary sulfonamides is 1. The van der Waals surface area contributed by atoms with Gasteiger partial charge in [0.2, 0.25) is 10.0 Å². The largest absolute Gasteiger partial charge is 0.435 e. The van der Waals surface area contributed by atoms with E-state index < -0.39 is 27.3 Å². The van der Waals surface area contributed by atoms with Gasteiger partial charge in [0.1, 0.15) is 10.6 Å². The van der Waals surface area contributed by atoms with Crippen LogP contribution in [0.1, 0.15) is 0 Å². The van der Waals surface area contributed by atoms with Crippen LogP contribution in [0.15, 0.2) is 17.0 Å². The molecule has 90 valence electrons. The van der Waals surface area contributed by atoms with E-state index in [0.717, 1.165) is 12.1 Å². The van der Waals surface area contributed by atoms with Crippen molar-refractivity contribution >= 4 is 33.2 Å². The van der Waals surface area contributed by atoms with Gasteiger partial charge in [0.15, 0.2) is 0 Å². The van der Waals surface area contributed by atoms with Crippen LogP contribution in [-0.4, -0.2) is 15.0 Å². The zero-order valence-electron chi connectivity index (χ0n) is 7.45. The molecule has 0 radical (unpaired) electrons. The average molecular weight is 292 g/mol. The highest BCUT2D eigenvalue weighted by Crippen LogP contribution is 2.33.